The van der Waals surface area contributed by atoms with E-state index in [2.05, 4.69) is 31.2 Å². The Morgan fingerprint density at radius 2 is 1.74 bits per heavy atom. The van der Waals surface area contributed by atoms with Gasteiger partial charge in [-0.1, -0.05) is 69.7 Å². The standard InChI is InChI=1S/C18H28O/c1-2-3-4-5-6-10-18(19)17-13-11-16(12-14-17)15-8-7-9-15/h11-15,18-19H,2-10H2,1H3. The van der Waals surface area contributed by atoms with Crippen LogP contribution < -0.4 is 0 Å². The highest BCUT2D eigenvalue weighted by molar-refractivity contribution is 5.27. The Balaban J connectivity index is 1.73. The lowest BCUT2D eigenvalue weighted by Gasteiger charge is -2.26. The lowest BCUT2D eigenvalue weighted by Crippen LogP contribution is -2.08. The number of rotatable bonds is 8. The molecular formula is C18H28O. The molecule has 1 unspecified atom stereocenters. The van der Waals surface area contributed by atoms with Crippen molar-refractivity contribution in [3.63, 3.8) is 0 Å². The Kier molecular flexibility index (Phi) is 5.91. The zero-order valence-electron chi connectivity index (χ0n) is 12.3. The van der Waals surface area contributed by atoms with Crippen LogP contribution in [0.4, 0.5) is 0 Å². The summed E-state index contributed by atoms with van der Waals surface area (Å²) in [5.74, 6) is 0.792. The lowest BCUT2D eigenvalue weighted by atomic mass is 9.80. The van der Waals surface area contributed by atoms with Crippen molar-refractivity contribution in [1.82, 2.24) is 0 Å². The van der Waals surface area contributed by atoms with Gasteiger partial charge in [0.2, 0.25) is 0 Å². The summed E-state index contributed by atoms with van der Waals surface area (Å²) in [6.45, 7) is 2.23. The van der Waals surface area contributed by atoms with Gasteiger partial charge < -0.3 is 5.11 Å². The molecule has 1 atom stereocenters. The molecule has 0 radical (unpaired) electrons. The number of aliphatic hydroxyl groups is 1. The number of benzene rings is 1. The van der Waals surface area contributed by atoms with Crippen molar-refractivity contribution in [3.8, 4) is 0 Å². The molecule has 1 aromatic rings. The molecule has 1 heteroatoms. The van der Waals surface area contributed by atoms with Crippen molar-refractivity contribution in [2.24, 2.45) is 0 Å². The summed E-state index contributed by atoms with van der Waals surface area (Å²) in [5.41, 5.74) is 2.56. The summed E-state index contributed by atoms with van der Waals surface area (Å²) < 4.78 is 0. The van der Waals surface area contributed by atoms with Gasteiger partial charge in [0.1, 0.15) is 0 Å². The third-order valence-corrected chi connectivity index (χ3v) is 4.48. The topological polar surface area (TPSA) is 20.2 Å². The van der Waals surface area contributed by atoms with E-state index in [1.54, 1.807) is 0 Å². The number of unbranched alkanes of at least 4 members (excludes halogenated alkanes) is 4. The largest absolute Gasteiger partial charge is 0.388 e. The van der Waals surface area contributed by atoms with E-state index in [-0.39, 0.29) is 6.10 Å². The Bertz CT molecular complexity index is 350. The molecule has 19 heavy (non-hydrogen) atoms. The molecule has 1 fully saturated rings. The summed E-state index contributed by atoms with van der Waals surface area (Å²) in [5, 5.41) is 10.2. The SMILES string of the molecule is CCCCCCCC(O)c1ccc(C2CCC2)cc1. The van der Waals surface area contributed by atoms with Crippen LogP contribution in [0.25, 0.3) is 0 Å². The highest BCUT2D eigenvalue weighted by Crippen LogP contribution is 2.36. The molecule has 0 amide bonds. The molecule has 0 heterocycles. The van der Waals surface area contributed by atoms with E-state index in [4.69, 9.17) is 0 Å². The molecule has 106 valence electrons. The zero-order valence-corrected chi connectivity index (χ0v) is 12.3. The zero-order chi connectivity index (χ0) is 13.5. The Morgan fingerprint density at radius 1 is 1.05 bits per heavy atom. The van der Waals surface area contributed by atoms with E-state index in [1.807, 2.05) is 0 Å². The van der Waals surface area contributed by atoms with Crippen LogP contribution in [-0.2, 0) is 0 Å². The molecule has 1 aromatic carbocycles. The average Bonchev–Trinajstić information content (AvgIpc) is 2.37. The monoisotopic (exact) mass is 260 g/mol. The van der Waals surface area contributed by atoms with E-state index in [0.29, 0.717) is 0 Å². The maximum atomic E-state index is 10.2. The molecule has 1 N–H and O–H groups in total. The molecule has 0 spiro atoms. The molecule has 0 saturated heterocycles. The van der Waals surface area contributed by atoms with Crippen LogP contribution in [-0.4, -0.2) is 5.11 Å². The van der Waals surface area contributed by atoms with E-state index >= 15 is 0 Å². The summed E-state index contributed by atoms with van der Waals surface area (Å²) in [7, 11) is 0. The van der Waals surface area contributed by atoms with Crippen molar-refractivity contribution in [3.05, 3.63) is 35.4 Å². The van der Waals surface area contributed by atoms with Crippen LogP contribution in [0.15, 0.2) is 24.3 Å². The number of aliphatic hydroxyl groups excluding tert-OH is 1. The van der Waals surface area contributed by atoms with Crippen LogP contribution in [0.1, 0.15) is 87.9 Å². The first kappa shape index (κ1) is 14.6. The molecule has 2 rings (SSSR count). The average molecular weight is 260 g/mol. The van der Waals surface area contributed by atoms with Gasteiger partial charge in [-0.2, -0.15) is 0 Å². The molecule has 0 aromatic heterocycles. The molecule has 0 aliphatic heterocycles. The van der Waals surface area contributed by atoms with Gasteiger partial charge >= 0.3 is 0 Å². The quantitative estimate of drug-likeness (QED) is 0.625. The molecule has 0 bridgehead atoms. The highest BCUT2D eigenvalue weighted by Gasteiger charge is 2.19. The summed E-state index contributed by atoms with van der Waals surface area (Å²) >= 11 is 0. The van der Waals surface area contributed by atoms with Gasteiger partial charge in [-0.25, -0.2) is 0 Å². The summed E-state index contributed by atoms with van der Waals surface area (Å²) in [4.78, 5) is 0. The molecule has 1 aliphatic carbocycles. The van der Waals surface area contributed by atoms with Crippen LogP contribution in [0, 0.1) is 0 Å². The second-order valence-corrected chi connectivity index (χ2v) is 6.01. The second-order valence-electron chi connectivity index (χ2n) is 6.01. The maximum Gasteiger partial charge on any atom is 0.0790 e. The van der Waals surface area contributed by atoms with E-state index in [0.717, 1.165) is 24.3 Å². The Labute approximate surface area is 118 Å². The van der Waals surface area contributed by atoms with Crippen LogP contribution in [0.5, 0.6) is 0 Å². The highest BCUT2D eigenvalue weighted by atomic mass is 16.3. The van der Waals surface area contributed by atoms with Crippen LogP contribution >= 0.6 is 0 Å². The van der Waals surface area contributed by atoms with Gasteiger partial charge in [0.25, 0.3) is 0 Å². The third kappa shape index (κ3) is 4.35. The van der Waals surface area contributed by atoms with Gasteiger partial charge in [0.15, 0.2) is 0 Å². The summed E-state index contributed by atoms with van der Waals surface area (Å²) in [6.07, 6.45) is 11.0. The Hall–Kier alpha value is -0.820. The fourth-order valence-corrected chi connectivity index (χ4v) is 2.84. The lowest BCUT2D eigenvalue weighted by molar-refractivity contribution is 0.163. The second kappa shape index (κ2) is 7.69. The van der Waals surface area contributed by atoms with Crippen LogP contribution in [0.2, 0.25) is 0 Å². The van der Waals surface area contributed by atoms with Gasteiger partial charge in [-0.15, -0.1) is 0 Å². The molecule has 1 aliphatic rings. The van der Waals surface area contributed by atoms with Crippen LogP contribution in [0.3, 0.4) is 0 Å². The van der Waals surface area contributed by atoms with Gasteiger partial charge in [0, 0.05) is 0 Å². The van der Waals surface area contributed by atoms with Crippen molar-refractivity contribution < 1.29 is 5.11 Å². The molecule has 1 saturated carbocycles. The van der Waals surface area contributed by atoms with Gasteiger partial charge in [0.05, 0.1) is 6.10 Å². The molecular weight excluding hydrogens is 232 g/mol. The fourth-order valence-electron chi connectivity index (χ4n) is 2.84. The maximum absolute atomic E-state index is 10.2. The van der Waals surface area contributed by atoms with E-state index in [9.17, 15) is 5.11 Å². The van der Waals surface area contributed by atoms with Crippen molar-refractivity contribution in [1.29, 1.82) is 0 Å². The predicted molar refractivity (Wildman–Crippen MR) is 81.4 cm³/mol. The first-order chi connectivity index (χ1) is 9.31. The van der Waals surface area contributed by atoms with Crippen molar-refractivity contribution in [2.45, 2.75) is 76.7 Å². The first-order valence-electron chi connectivity index (χ1n) is 8.09. The van der Waals surface area contributed by atoms with Gasteiger partial charge in [-0.05, 0) is 36.3 Å². The number of hydrogen-bond donors (Lipinski definition) is 1. The fraction of sp³-hybridized carbons (Fsp3) is 0.667. The van der Waals surface area contributed by atoms with Gasteiger partial charge in [-0.3, -0.25) is 0 Å². The van der Waals surface area contributed by atoms with Crippen molar-refractivity contribution >= 4 is 0 Å². The summed E-state index contributed by atoms with van der Waals surface area (Å²) in [6, 6.07) is 8.70. The smallest absolute Gasteiger partial charge is 0.0790 e. The normalized spacial score (nSPS) is 17.2. The van der Waals surface area contributed by atoms with E-state index < -0.39 is 0 Å². The number of hydrogen-bond acceptors (Lipinski definition) is 1. The third-order valence-electron chi connectivity index (χ3n) is 4.48. The van der Waals surface area contributed by atoms with E-state index in [1.165, 1.54) is 50.5 Å². The predicted octanol–water partition coefficient (Wildman–Crippen LogP) is 5.35. The minimum atomic E-state index is -0.267. The minimum absolute atomic E-state index is 0.267. The van der Waals surface area contributed by atoms with Crippen molar-refractivity contribution in [2.75, 3.05) is 0 Å². The first-order valence-corrected chi connectivity index (χ1v) is 8.09. The minimum Gasteiger partial charge on any atom is -0.388 e. The Morgan fingerprint density at radius 3 is 2.32 bits per heavy atom. The molecule has 1 nitrogen and oxygen atoms in total.